The predicted octanol–water partition coefficient (Wildman–Crippen LogP) is 5.58. The van der Waals surface area contributed by atoms with Crippen molar-refractivity contribution in [1.29, 1.82) is 0 Å². The monoisotopic (exact) mass is 458 g/mol. The molecule has 1 aromatic heterocycles. The molecular weight excluding hydrogens is 420 g/mol. The average molecular weight is 459 g/mol. The zero-order chi connectivity index (χ0) is 24.5. The van der Waals surface area contributed by atoms with Crippen LogP contribution in [0.2, 0.25) is 0 Å². The van der Waals surface area contributed by atoms with Crippen LogP contribution < -0.4 is 21.3 Å². The Morgan fingerprint density at radius 2 is 2.12 bits per heavy atom. The highest BCUT2D eigenvalue weighted by atomic mass is 16.1. The van der Waals surface area contributed by atoms with Gasteiger partial charge in [-0.2, -0.15) is 0 Å². The van der Waals surface area contributed by atoms with Crippen molar-refractivity contribution in [3.8, 4) is 0 Å². The lowest BCUT2D eigenvalue weighted by atomic mass is 9.85. The fraction of sp³-hybridized carbons (Fsp3) is 0.414. The molecule has 0 radical (unpaired) electrons. The molecule has 2 N–H and O–H groups in total. The van der Waals surface area contributed by atoms with E-state index in [9.17, 15) is 4.79 Å². The van der Waals surface area contributed by atoms with Crippen LogP contribution in [-0.4, -0.2) is 15.9 Å². The van der Waals surface area contributed by atoms with Gasteiger partial charge in [-0.25, -0.2) is 4.98 Å². The molecule has 1 atom stereocenters. The van der Waals surface area contributed by atoms with E-state index in [-0.39, 0.29) is 11.9 Å². The number of carbonyl (C=O) groups is 1. The molecule has 0 spiro atoms. The van der Waals surface area contributed by atoms with Crippen molar-refractivity contribution in [2.75, 3.05) is 10.6 Å². The lowest BCUT2D eigenvalue weighted by Crippen LogP contribution is -2.31. The van der Waals surface area contributed by atoms with Gasteiger partial charge < -0.3 is 10.6 Å². The molecule has 1 aromatic carbocycles. The number of allylic oxidation sites excluding steroid dienone is 3. The highest BCUT2D eigenvalue weighted by Crippen LogP contribution is 2.27. The van der Waals surface area contributed by atoms with Crippen molar-refractivity contribution in [3.63, 3.8) is 0 Å². The maximum absolute atomic E-state index is 12.6. The number of carbonyl (C=O) groups excluding carboxylic acids is 1. The van der Waals surface area contributed by atoms with Crippen LogP contribution in [0.1, 0.15) is 76.5 Å². The van der Waals surface area contributed by atoms with Crippen LogP contribution in [0.25, 0.3) is 12.7 Å². The summed E-state index contributed by atoms with van der Waals surface area (Å²) < 4.78 is 0. The lowest BCUT2D eigenvalue weighted by Gasteiger charge is -2.20. The first-order chi connectivity index (χ1) is 16.4. The van der Waals surface area contributed by atoms with Gasteiger partial charge in [0, 0.05) is 12.1 Å². The van der Waals surface area contributed by atoms with Crippen molar-refractivity contribution in [2.45, 2.75) is 72.3 Å². The molecule has 2 aromatic rings. The summed E-state index contributed by atoms with van der Waals surface area (Å²) in [4.78, 5) is 21.6. The summed E-state index contributed by atoms with van der Waals surface area (Å²) in [7, 11) is 0. The number of aryl methyl sites for hydroxylation is 1. The number of nitrogens with zero attached hydrogens (tertiary/aromatic N) is 2. The molecule has 1 heterocycles. The Morgan fingerprint density at radius 1 is 1.32 bits per heavy atom. The number of anilines is 2. The average Bonchev–Trinajstić information content (AvgIpc) is 2.76. The maximum atomic E-state index is 12.6. The Balaban J connectivity index is 1.63. The number of nitrogens with one attached hydrogen (secondary N) is 2. The second-order valence-electron chi connectivity index (χ2n) is 9.33. The first-order valence-corrected chi connectivity index (χ1v) is 12.4. The summed E-state index contributed by atoms with van der Waals surface area (Å²) in [5.74, 6) is 1.41. The van der Waals surface area contributed by atoms with E-state index in [2.05, 4.69) is 66.2 Å². The first-order valence-electron chi connectivity index (χ1n) is 12.4. The van der Waals surface area contributed by atoms with Crippen LogP contribution in [0.4, 0.5) is 11.5 Å². The van der Waals surface area contributed by atoms with Gasteiger partial charge in [-0.3, -0.25) is 9.78 Å². The van der Waals surface area contributed by atoms with E-state index in [1.807, 2.05) is 31.2 Å². The Hall–Kier alpha value is -3.21. The molecule has 5 heteroatoms. The highest BCUT2D eigenvalue weighted by molar-refractivity contribution is 5.92. The first kappa shape index (κ1) is 25.4. The number of aromatic nitrogens is 2. The van der Waals surface area contributed by atoms with Gasteiger partial charge in [0.2, 0.25) is 5.91 Å². The van der Waals surface area contributed by atoms with Crippen molar-refractivity contribution in [3.05, 3.63) is 70.0 Å². The number of hydrogen-bond donors (Lipinski definition) is 2. The number of amides is 1. The SMILES string of the molecule is C=c1nc(NC(C)c2cc(NC(=O)C/C(C)=C/C=CC3CCC3)ccc2C)cn/c1=C/CCC. The van der Waals surface area contributed by atoms with E-state index in [1.165, 1.54) is 19.3 Å². The van der Waals surface area contributed by atoms with Crippen LogP contribution in [0, 0.1) is 12.8 Å². The molecular formula is C29H38N4O. The fourth-order valence-corrected chi connectivity index (χ4v) is 3.97. The number of unbranched alkanes of at least 4 members (excludes halogenated alkanes) is 1. The van der Waals surface area contributed by atoms with Crippen LogP contribution in [0.3, 0.4) is 0 Å². The van der Waals surface area contributed by atoms with Crippen LogP contribution in [0.5, 0.6) is 0 Å². The molecule has 0 bridgehead atoms. The van der Waals surface area contributed by atoms with Gasteiger partial charge in [0.15, 0.2) is 0 Å². The second-order valence-corrected chi connectivity index (χ2v) is 9.33. The molecule has 1 unspecified atom stereocenters. The van der Waals surface area contributed by atoms with E-state index in [4.69, 9.17) is 0 Å². The van der Waals surface area contributed by atoms with Crippen molar-refractivity contribution >= 4 is 30.1 Å². The summed E-state index contributed by atoms with van der Waals surface area (Å²) in [6.45, 7) is 12.3. The zero-order valence-corrected chi connectivity index (χ0v) is 21.0. The summed E-state index contributed by atoms with van der Waals surface area (Å²) in [6, 6.07) is 6.01. The fourth-order valence-electron chi connectivity index (χ4n) is 3.97. The van der Waals surface area contributed by atoms with Crippen molar-refractivity contribution in [1.82, 2.24) is 9.97 Å². The molecule has 5 nitrogen and oxygen atoms in total. The summed E-state index contributed by atoms with van der Waals surface area (Å²) in [5, 5.41) is 7.98. The largest absolute Gasteiger partial charge is 0.362 e. The Bertz CT molecular complexity index is 1160. The molecule has 3 rings (SSSR count). The summed E-state index contributed by atoms with van der Waals surface area (Å²) >= 11 is 0. The van der Waals surface area contributed by atoms with Gasteiger partial charge in [0.05, 0.1) is 22.9 Å². The molecule has 1 saturated carbocycles. The second kappa shape index (κ2) is 12.3. The van der Waals surface area contributed by atoms with Crippen LogP contribution in [0.15, 0.2) is 48.2 Å². The van der Waals surface area contributed by atoms with Crippen LogP contribution >= 0.6 is 0 Å². The van der Waals surface area contributed by atoms with Crippen molar-refractivity contribution < 1.29 is 4.79 Å². The Kier molecular flexibility index (Phi) is 9.20. The molecule has 0 saturated heterocycles. The third kappa shape index (κ3) is 7.41. The van der Waals surface area contributed by atoms with Gasteiger partial charge in [-0.15, -0.1) is 0 Å². The minimum absolute atomic E-state index is 0.00528. The van der Waals surface area contributed by atoms with Gasteiger partial charge in [-0.1, -0.05) is 62.3 Å². The predicted molar refractivity (Wildman–Crippen MR) is 143 cm³/mol. The standard InChI is InChI=1S/C29H38N4O/c1-6-7-14-27-23(5)32-28(19-30-27)31-22(4)26-18-25(16-15-21(26)3)33-29(34)17-20(2)10-8-11-24-12-9-13-24/h8,10-11,14-16,18-19,22,24H,5-7,9,12-13,17H2,1-4H3,(H,31,32)(H,33,34)/b11-8?,20-10+,27-14+. The van der Waals surface area contributed by atoms with Gasteiger partial charge in [-0.05, 0) is 69.2 Å². The number of hydrogen-bond acceptors (Lipinski definition) is 4. The maximum Gasteiger partial charge on any atom is 0.228 e. The Morgan fingerprint density at radius 3 is 2.79 bits per heavy atom. The van der Waals surface area contributed by atoms with Gasteiger partial charge in [0.1, 0.15) is 5.82 Å². The smallest absolute Gasteiger partial charge is 0.228 e. The quantitative estimate of drug-likeness (QED) is 0.456. The molecule has 34 heavy (non-hydrogen) atoms. The molecule has 1 aliphatic rings. The minimum Gasteiger partial charge on any atom is -0.362 e. The molecule has 1 fully saturated rings. The molecule has 1 amide bonds. The molecule has 1 aliphatic carbocycles. The Labute approximate surface area is 203 Å². The van der Waals surface area contributed by atoms with E-state index in [0.717, 1.165) is 46.5 Å². The molecule has 180 valence electrons. The minimum atomic E-state index is -0.00677. The normalized spacial score (nSPS) is 15.9. The van der Waals surface area contributed by atoms with E-state index in [1.54, 1.807) is 6.20 Å². The number of rotatable bonds is 10. The van der Waals surface area contributed by atoms with Crippen molar-refractivity contribution in [2.24, 2.45) is 5.92 Å². The topological polar surface area (TPSA) is 66.9 Å². The summed E-state index contributed by atoms with van der Waals surface area (Å²) in [5.41, 5.74) is 4.09. The molecule has 0 aliphatic heterocycles. The van der Waals surface area contributed by atoms with Gasteiger partial charge >= 0.3 is 0 Å². The van der Waals surface area contributed by atoms with Gasteiger partial charge in [0.25, 0.3) is 0 Å². The third-order valence-electron chi connectivity index (χ3n) is 6.25. The summed E-state index contributed by atoms with van der Waals surface area (Å²) in [6.07, 6.45) is 16.6. The van der Waals surface area contributed by atoms with E-state index in [0.29, 0.717) is 17.6 Å². The number of benzene rings is 1. The van der Waals surface area contributed by atoms with E-state index >= 15 is 0 Å². The highest BCUT2D eigenvalue weighted by Gasteiger charge is 2.13. The van der Waals surface area contributed by atoms with E-state index < -0.39 is 0 Å². The lowest BCUT2D eigenvalue weighted by molar-refractivity contribution is -0.115. The van der Waals surface area contributed by atoms with Crippen LogP contribution in [-0.2, 0) is 4.79 Å². The zero-order valence-electron chi connectivity index (χ0n) is 21.0. The third-order valence-corrected chi connectivity index (χ3v) is 6.25.